The minimum Gasteiger partial charge on any atom is -0.342 e. The van der Waals surface area contributed by atoms with Gasteiger partial charge in [0.05, 0.1) is 0 Å². The predicted molar refractivity (Wildman–Crippen MR) is 98.9 cm³/mol. The van der Waals surface area contributed by atoms with Crippen LogP contribution in [-0.2, 0) is 11.3 Å². The summed E-state index contributed by atoms with van der Waals surface area (Å²) in [6, 6.07) is 9.84. The first-order valence-electron chi connectivity index (χ1n) is 9.05. The molecule has 1 aliphatic carbocycles. The van der Waals surface area contributed by atoms with Crippen molar-refractivity contribution in [2.24, 2.45) is 5.92 Å². The smallest absolute Gasteiger partial charge is 0.225 e. The number of benzene rings is 1. The summed E-state index contributed by atoms with van der Waals surface area (Å²) in [6.45, 7) is 2.19. The summed E-state index contributed by atoms with van der Waals surface area (Å²) in [7, 11) is 0. The highest BCUT2D eigenvalue weighted by molar-refractivity contribution is 7.13. The van der Waals surface area contributed by atoms with Crippen molar-refractivity contribution in [1.29, 1.82) is 0 Å². The van der Waals surface area contributed by atoms with Crippen molar-refractivity contribution in [3.05, 3.63) is 47.1 Å². The van der Waals surface area contributed by atoms with E-state index in [9.17, 15) is 9.18 Å². The molecule has 0 radical (unpaired) electrons. The average molecular weight is 358 g/mol. The summed E-state index contributed by atoms with van der Waals surface area (Å²) >= 11 is 1.62. The second-order valence-electron chi connectivity index (χ2n) is 7.04. The van der Waals surface area contributed by atoms with E-state index >= 15 is 0 Å². The molecule has 0 unspecified atom stereocenters. The summed E-state index contributed by atoms with van der Waals surface area (Å²) in [5.41, 5.74) is 1.64. The van der Waals surface area contributed by atoms with Crippen LogP contribution < -0.4 is 5.32 Å². The molecule has 4 rings (SSSR count). The van der Waals surface area contributed by atoms with E-state index in [0.29, 0.717) is 30.0 Å². The van der Waals surface area contributed by atoms with Gasteiger partial charge in [-0.3, -0.25) is 4.79 Å². The Morgan fingerprint density at radius 1 is 1.20 bits per heavy atom. The number of nitrogens with one attached hydrogen (secondary N) is 1. The van der Waals surface area contributed by atoms with Gasteiger partial charge in [0.2, 0.25) is 5.91 Å². The van der Waals surface area contributed by atoms with E-state index in [0.717, 1.165) is 49.2 Å². The first kappa shape index (κ1) is 16.7. The number of thiophene rings is 1. The number of halogens is 1. The van der Waals surface area contributed by atoms with E-state index in [-0.39, 0.29) is 5.82 Å². The Bertz CT molecular complexity index is 734. The van der Waals surface area contributed by atoms with Crippen LogP contribution >= 0.6 is 11.3 Å². The summed E-state index contributed by atoms with van der Waals surface area (Å²) in [4.78, 5) is 15.2. The molecule has 0 atom stereocenters. The normalized spacial score (nSPS) is 18.5. The zero-order valence-corrected chi connectivity index (χ0v) is 15.0. The molecule has 2 aromatic rings. The number of carbonyl (C=O) groups is 1. The molecule has 0 spiro atoms. The molecule has 132 valence electrons. The van der Waals surface area contributed by atoms with E-state index < -0.39 is 0 Å². The van der Waals surface area contributed by atoms with Crippen molar-refractivity contribution in [3.8, 4) is 10.4 Å². The summed E-state index contributed by atoms with van der Waals surface area (Å²) in [5.74, 6) is 0.494. The molecule has 0 bridgehead atoms. The first-order chi connectivity index (χ1) is 12.2. The average Bonchev–Trinajstić information content (AvgIpc) is 3.34. The third kappa shape index (κ3) is 3.93. The van der Waals surface area contributed by atoms with Gasteiger partial charge in [-0.1, -0.05) is 18.2 Å². The van der Waals surface area contributed by atoms with E-state index in [1.807, 2.05) is 34.5 Å². The molecule has 1 saturated carbocycles. The molecule has 2 heterocycles. The maximum Gasteiger partial charge on any atom is 0.225 e. The molecular weight excluding hydrogens is 335 g/mol. The number of hydrogen-bond donors (Lipinski definition) is 1. The predicted octanol–water partition coefficient (Wildman–Crippen LogP) is 4.04. The van der Waals surface area contributed by atoms with Crippen LogP contribution in [0.25, 0.3) is 10.4 Å². The Morgan fingerprint density at radius 3 is 2.64 bits per heavy atom. The minimum atomic E-state index is -0.153. The van der Waals surface area contributed by atoms with Crippen LogP contribution in [-0.4, -0.2) is 29.9 Å². The van der Waals surface area contributed by atoms with Gasteiger partial charge in [0.15, 0.2) is 0 Å². The molecule has 5 heteroatoms. The van der Waals surface area contributed by atoms with Gasteiger partial charge in [0.25, 0.3) is 0 Å². The summed E-state index contributed by atoms with van der Waals surface area (Å²) in [5, 5.41) is 5.46. The van der Waals surface area contributed by atoms with Crippen molar-refractivity contribution in [1.82, 2.24) is 10.2 Å². The third-order valence-corrected chi connectivity index (χ3v) is 6.09. The fourth-order valence-corrected chi connectivity index (χ4v) is 4.16. The van der Waals surface area contributed by atoms with Crippen LogP contribution in [0.3, 0.4) is 0 Å². The molecular formula is C20H23FN2OS. The highest BCUT2D eigenvalue weighted by Gasteiger charge is 2.34. The van der Waals surface area contributed by atoms with E-state index in [1.54, 1.807) is 17.4 Å². The molecule has 1 amide bonds. The maximum atomic E-state index is 14.4. The molecule has 2 aliphatic rings. The number of hydrogen-bond acceptors (Lipinski definition) is 3. The Morgan fingerprint density at radius 2 is 2.00 bits per heavy atom. The number of rotatable bonds is 5. The van der Waals surface area contributed by atoms with Gasteiger partial charge in [0.1, 0.15) is 5.82 Å². The maximum absolute atomic E-state index is 14.4. The van der Waals surface area contributed by atoms with Crippen molar-refractivity contribution in [2.75, 3.05) is 13.1 Å². The van der Waals surface area contributed by atoms with Gasteiger partial charge in [-0.05, 0) is 48.8 Å². The van der Waals surface area contributed by atoms with Crippen LogP contribution in [0.15, 0.2) is 35.7 Å². The lowest BCUT2D eigenvalue weighted by molar-refractivity contribution is -0.133. The molecule has 3 nitrogen and oxygen atoms in total. The molecule has 2 fully saturated rings. The zero-order valence-electron chi connectivity index (χ0n) is 14.2. The van der Waals surface area contributed by atoms with Crippen LogP contribution in [0.5, 0.6) is 0 Å². The Balaban J connectivity index is 1.29. The topological polar surface area (TPSA) is 32.3 Å². The van der Waals surface area contributed by atoms with Crippen molar-refractivity contribution in [3.63, 3.8) is 0 Å². The highest BCUT2D eigenvalue weighted by atomic mass is 32.1. The highest BCUT2D eigenvalue weighted by Crippen LogP contribution is 2.32. The lowest BCUT2D eigenvalue weighted by Crippen LogP contribution is -2.45. The second-order valence-corrected chi connectivity index (χ2v) is 7.99. The van der Waals surface area contributed by atoms with Gasteiger partial charge in [-0.15, -0.1) is 11.3 Å². The largest absolute Gasteiger partial charge is 0.342 e. The van der Waals surface area contributed by atoms with Crippen LogP contribution in [0.4, 0.5) is 4.39 Å². The molecule has 1 aliphatic heterocycles. The number of likely N-dealkylation sites (tertiary alicyclic amines) is 1. The fourth-order valence-electron chi connectivity index (χ4n) is 3.43. The number of piperidine rings is 1. The van der Waals surface area contributed by atoms with Gasteiger partial charge in [-0.25, -0.2) is 4.39 Å². The van der Waals surface area contributed by atoms with Crippen molar-refractivity contribution in [2.45, 2.75) is 38.3 Å². The molecule has 25 heavy (non-hydrogen) atoms. The SMILES string of the molecule is O=C(C1CC1)N1CCC(NCc2ccc(-c3cccs3)cc2F)CC1. The lowest BCUT2D eigenvalue weighted by atomic mass is 10.0. The van der Waals surface area contributed by atoms with Gasteiger partial charge >= 0.3 is 0 Å². The summed E-state index contributed by atoms with van der Waals surface area (Å²) < 4.78 is 14.4. The fraction of sp³-hybridized carbons (Fsp3) is 0.450. The standard InChI is InChI=1S/C20H23FN2OS/c21-18-12-15(19-2-1-11-25-19)5-6-16(18)13-22-17-7-9-23(10-8-17)20(24)14-3-4-14/h1-2,5-6,11-12,14,17,22H,3-4,7-10,13H2. The molecule has 1 aromatic carbocycles. The Labute approximate surface area is 151 Å². The summed E-state index contributed by atoms with van der Waals surface area (Å²) in [6.07, 6.45) is 4.04. The van der Waals surface area contributed by atoms with Gasteiger partial charge in [-0.2, -0.15) is 0 Å². The van der Waals surface area contributed by atoms with Crippen molar-refractivity contribution >= 4 is 17.2 Å². The number of nitrogens with zero attached hydrogens (tertiary/aromatic N) is 1. The second kappa shape index (κ2) is 7.26. The van der Waals surface area contributed by atoms with E-state index in [4.69, 9.17) is 0 Å². The lowest BCUT2D eigenvalue weighted by Gasteiger charge is -2.32. The van der Waals surface area contributed by atoms with Crippen LogP contribution in [0, 0.1) is 11.7 Å². The Kier molecular flexibility index (Phi) is 4.86. The third-order valence-electron chi connectivity index (χ3n) is 5.17. The molecule has 1 aromatic heterocycles. The quantitative estimate of drug-likeness (QED) is 0.875. The Hall–Kier alpha value is -1.72. The minimum absolute atomic E-state index is 0.153. The van der Waals surface area contributed by atoms with Gasteiger partial charge < -0.3 is 10.2 Å². The van der Waals surface area contributed by atoms with E-state index in [2.05, 4.69) is 5.32 Å². The van der Waals surface area contributed by atoms with Crippen LogP contribution in [0.1, 0.15) is 31.2 Å². The first-order valence-corrected chi connectivity index (χ1v) is 9.93. The van der Waals surface area contributed by atoms with E-state index in [1.165, 1.54) is 0 Å². The van der Waals surface area contributed by atoms with Crippen molar-refractivity contribution < 1.29 is 9.18 Å². The number of carbonyl (C=O) groups excluding carboxylic acids is 1. The monoisotopic (exact) mass is 358 g/mol. The van der Waals surface area contributed by atoms with Crippen LogP contribution in [0.2, 0.25) is 0 Å². The number of amides is 1. The van der Waals surface area contributed by atoms with Gasteiger partial charge in [0, 0.05) is 42.0 Å². The zero-order chi connectivity index (χ0) is 17.2. The molecule has 1 saturated heterocycles. The molecule has 1 N–H and O–H groups in total.